The van der Waals surface area contributed by atoms with Crippen molar-refractivity contribution in [3.05, 3.63) is 96.1 Å². The van der Waals surface area contributed by atoms with Crippen LogP contribution in [-0.4, -0.2) is 47.0 Å². The van der Waals surface area contributed by atoms with E-state index in [0.29, 0.717) is 5.11 Å². The maximum absolute atomic E-state index is 13.0. The minimum Gasteiger partial charge on any atom is -0.352 e. The van der Waals surface area contributed by atoms with Crippen LogP contribution in [0.4, 0.5) is 5.69 Å². The van der Waals surface area contributed by atoms with E-state index >= 15 is 0 Å². The maximum atomic E-state index is 13.0. The van der Waals surface area contributed by atoms with Crippen molar-refractivity contribution in [2.45, 2.75) is 25.9 Å². The topological polar surface area (TPSA) is 92.9 Å². The van der Waals surface area contributed by atoms with Crippen molar-refractivity contribution in [2.75, 3.05) is 11.9 Å². The third-order valence-corrected chi connectivity index (χ3v) is 6.31. The van der Waals surface area contributed by atoms with Gasteiger partial charge in [-0.2, -0.15) is 0 Å². The number of para-hydroxylation sites is 1. The number of carbonyl (C=O) groups excluding carboxylic acids is 1. The number of nitrogens with one attached hydrogen (secondary N) is 2. The summed E-state index contributed by atoms with van der Waals surface area (Å²) < 4.78 is 3.87. The highest BCUT2D eigenvalue weighted by molar-refractivity contribution is 7.80. The van der Waals surface area contributed by atoms with Gasteiger partial charge in [0.1, 0.15) is 19.2 Å². The number of hydrogen-bond acceptors (Lipinski definition) is 5. The zero-order chi connectivity index (χ0) is 23.7. The third-order valence-electron chi connectivity index (χ3n) is 5.96. The summed E-state index contributed by atoms with van der Waals surface area (Å²) in [6.07, 6.45) is 5.08. The van der Waals surface area contributed by atoms with Crippen LogP contribution in [0.3, 0.4) is 0 Å². The summed E-state index contributed by atoms with van der Waals surface area (Å²) in [5.74, 6) is -0.144. The number of rotatable bonds is 6. The number of aryl methyl sites for hydroxylation is 1. The Morgan fingerprint density at radius 1 is 1.09 bits per heavy atom. The average molecular weight is 473 g/mol. The van der Waals surface area contributed by atoms with Crippen LogP contribution in [0.15, 0.2) is 73.4 Å². The van der Waals surface area contributed by atoms with Gasteiger partial charge in [0.05, 0.1) is 17.8 Å². The number of hydrogen-bond donors (Lipinski definition) is 2. The summed E-state index contributed by atoms with van der Waals surface area (Å²) in [6.45, 7) is 4.17. The Labute approximate surface area is 202 Å². The summed E-state index contributed by atoms with van der Waals surface area (Å²) in [6, 6.07) is 16.9. The van der Waals surface area contributed by atoms with Gasteiger partial charge < -0.3 is 15.5 Å². The summed E-state index contributed by atoms with van der Waals surface area (Å²) in [4.78, 5) is 19.5. The van der Waals surface area contributed by atoms with E-state index in [1.165, 1.54) is 0 Å². The Bertz CT molecular complexity index is 1300. The molecular formula is C24H24N8OS. The fraction of sp³-hybridized carbons (Fsp3) is 0.208. The minimum absolute atomic E-state index is 0.102. The van der Waals surface area contributed by atoms with Crippen molar-refractivity contribution in [2.24, 2.45) is 0 Å². The Hall–Kier alpha value is -4.05. The first kappa shape index (κ1) is 21.8. The molecule has 0 bridgehead atoms. The lowest BCUT2D eigenvalue weighted by Crippen LogP contribution is -2.37. The fourth-order valence-corrected chi connectivity index (χ4v) is 4.83. The highest BCUT2D eigenvalue weighted by Gasteiger charge is 2.42. The molecular weight excluding hydrogens is 448 g/mol. The molecule has 2 N–H and O–H groups in total. The smallest absolute Gasteiger partial charge is 0.244 e. The van der Waals surface area contributed by atoms with Gasteiger partial charge in [-0.15, -0.1) is 10.2 Å². The van der Waals surface area contributed by atoms with Gasteiger partial charge in [0.2, 0.25) is 5.91 Å². The van der Waals surface area contributed by atoms with E-state index in [1.54, 1.807) is 18.9 Å². The summed E-state index contributed by atoms with van der Waals surface area (Å²) >= 11 is 5.72. The van der Waals surface area contributed by atoms with E-state index in [-0.39, 0.29) is 24.5 Å². The normalized spacial score (nSPS) is 17.6. The molecule has 9 nitrogen and oxygen atoms in total. The molecule has 1 aromatic carbocycles. The van der Waals surface area contributed by atoms with E-state index < -0.39 is 0 Å². The van der Waals surface area contributed by atoms with Gasteiger partial charge in [0, 0.05) is 28.8 Å². The van der Waals surface area contributed by atoms with Crippen LogP contribution in [0.25, 0.3) is 0 Å². The lowest BCUT2D eigenvalue weighted by atomic mass is 9.97. The fourth-order valence-electron chi connectivity index (χ4n) is 4.52. The van der Waals surface area contributed by atoms with Crippen molar-refractivity contribution in [1.29, 1.82) is 0 Å². The number of nitrogens with zero attached hydrogens (tertiary/aromatic N) is 6. The van der Waals surface area contributed by atoms with Gasteiger partial charge in [-0.25, -0.2) is 4.68 Å². The summed E-state index contributed by atoms with van der Waals surface area (Å²) in [5, 5.41) is 14.8. The molecule has 4 aromatic rings. The highest BCUT2D eigenvalue weighted by atomic mass is 32.1. The molecule has 172 valence electrons. The maximum Gasteiger partial charge on any atom is 0.244 e. The predicted octanol–water partition coefficient (Wildman–Crippen LogP) is 3.01. The lowest BCUT2D eigenvalue weighted by Gasteiger charge is -2.27. The van der Waals surface area contributed by atoms with Gasteiger partial charge in [-0.05, 0) is 56.4 Å². The molecule has 0 aliphatic carbocycles. The second kappa shape index (κ2) is 9.06. The SMILES string of the molecule is Cc1cc(C2C(c3ccccn3)NC(=S)N2CC(=O)Nc2ccccc2)c(C)n1-n1cnnc1. The zero-order valence-electron chi connectivity index (χ0n) is 18.8. The predicted molar refractivity (Wildman–Crippen MR) is 132 cm³/mol. The number of aromatic nitrogens is 5. The zero-order valence-corrected chi connectivity index (χ0v) is 19.6. The van der Waals surface area contributed by atoms with Crippen LogP contribution < -0.4 is 10.6 Å². The monoisotopic (exact) mass is 472 g/mol. The Morgan fingerprint density at radius 2 is 1.82 bits per heavy atom. The molecule has 1 amide bonds. The molecule has 3 aromatic heterocycles. The number of pyridine rings is 1. The number of amides is 1. The Morgan fingerprint density at radius 3 is 2.53 bits per heavy atom. The Balaban J connectivity index is 1.53. The van der Waals surface area contributed by atoms with Crippen LogP contribution >= 0.6 is 12.2 Å². The van der Waals surface area contributed by atoms with Crippen molar-refractivity contribution < 1.29 is 4.79 Å². The molecule has 34 heavy (non-hydrogen) atoms. The number of anilines is 1. The van der Waals surface area contributed by atoms with Crippen molar-refractivity contribution in [1.82, 2.24) is 34.8 Å². The van der Waals surface area contributed by atoms with Gasteiger partial charge in [-0.1, -0.05) is 24.3 Å². The lowest BCUT2D eigenvalue weighted by molar-refractivity contribution is -0.116. The first-order valence-electron chi connectivity index (χ1n) is 10.9. The number of benzene rings is 1. The third kappa shape index (κ3) is 4.03. The van der Waals surface area contributed by atoms with E-state index in [4.69, 9.17) is 12.2 Å². The average Bonchev–Trinajstić information content (AvgIpc) is 3.54. The van der Waals surface area contributed by atoms with E-state index in [9.17, 15) is 4.79 Å². The molecule has 1 aliphatic rings. The van der Waals surface area contributed by atoms with Gasteiger partial charge >= 0.3 is 0 Å². The highest BCUT2D eigenvalue weighted by Crippen LogP contribution is 2.40. The molecule has 0 radical (unpaired) electrons. The summed E-state index contributed by atoms with van der Waals surface area (Å²) in [5.41, 5.74) is 4.66. The molecule has 1 fully saturated rings. The molecule has 0 saturated carbocycles. The van der Waals surface area contributed by atoms with Crippen LogP contribution in [0, 0.1) is 13.8 Å². The minimum atomic E-state index is -0.236. The molecule has 5 rings (SSSR count). The molecule has 2 unspecified atom stereocenters. The van der Waals surface area contributed by atoms with E-state index in [1.807, 2.05) is 76.6 Å². The quantitative estimate of drug-likeness (QED) is 0.417. The number of thiocarbonyl (C=S) groups is 1. The van der Waals surface area contributed by atoms with Gasteiger partial charge in [0.25, 0.3) is 0 Å². The second-order valence-electron chi connectivity index (χ2n) is 8.15. The largest absolute Gasteiger partial charge is 0.352 e. The van der Waals surface area contributed by atoms with Gasteiger partial charge in [-0.3, -0.25) is 14.5 Å². The van der Waals surface area contributed by atoms with Gasteiger partial charge in [0.15, 0.2) is 5.11 Å². The number of carbonyl (C=O) groups is 1. The van der Waals surface area contributed by atoms with Crippen molar-refractivity contribution in [3.8, 4) is 0 Å². The van der Waals surface area contributed by atoms with Crippen LogP contribution in [0.1, 0.15) is 34.7 Å². The van der Waals surface area contributed by atoms with Crippen molar-refractivity contribution in [3.63, 3.8) is 0 Å². The molecule has 0 spiro atoms. The second-order valence-corrected chi connectivity index (χ2v) is 8.54. The molecule has 10 heteroatoms. The van der Waals surface area contributed by atoms with E-state index in [0.717, 1.165) is 28.3 Å². The molecule has 1 saturated heterocycles. The Kier molecular flexibility index (Phi) is 5.81. The molecule has 2 atom stereocenters. The van der Waals surface area contributed by atoms with Crippen molar-refractivity contribution >= 4 is 28.9 Å². The first-order chi connectivity index (χ1) is 16.5. The van der Waals surface area contributed by atoms with Crippen LogP contribution in [0.5, 0.6) is 0 Å². The van der Waals surface area contributed by atoms with E-state index in [2.05, 4.69) is 31.9 Å². The van der Waals surface area contributed by atoms with Crippen LogP contribution in [-0.2, 0) is 4.79 Å². The molecule has 1 aliphatic heterocycles. The van der Waals surface area contributed by atoms with Crippen LogP contribution in [0.2, 0.25) is 0 Å². The first-order valence-corrected chi connectivity index (χ1v) is 11.3. The standard InChI is InChI=1S/C24H24N8OS/c1-16-12-19(17(2)32(16)30-14-26-27-15-30)23-22(20-10-6-7-11-25-20)29-24(34)31(23)13-21(33)28-18-8-4-3-5-9-18/h3-12,14-15,22-23H,13H2,1-2H3,(H,28,33)(H,29,34). The molecule has 4 heterocycles. The summed E-state index contributed by atoms with van der Waals surface area (Å²) in [7, 11) is 0.